The molecule has 3 aromatic carbocycles. The summed E-state index contributed by atoms with van der Waals surface area (Å²) in [6, 6.07) is 13.8. The number of nitrogens with one attached hydrogen (secondary N) is 1. The first-order valence-electron chi connectivity index (χ1n) is 12.0. The van der Waals surface area contributed by atoms with Crippen molar-refractivity contribution >= 4 is 33.7 Å². The summed E-state index contributed by atoms with van der Waals surface area (Å²) in [5.74, 6) is -15.1. The van der Waals surface area contributed by atoms with Gasteiger partial charge in [0.15, 0.2) is 0 Å². The Balaban J connectivity index is 1.49. The molecule has 0 saturated heterocycles. The minimum atomic E-state index is -2.39. The Morgan fingerprint density at radius 1 is 0.850 bits per heavy atom. The molecule has 12 heteroatoms. The molecule has 1 amide bonds. The fraction of sp³-hybridized carbons (Fsp3) is 0.286. The molecule has 4 rings (SSSR count). The molecule has 0 fully saturated rings. The zero-order valence-electron chi connectivity index (χ0n) is 21.5. The number of carbonyl (C=O) groups is 2. The fourth-order valence-electron chi connectivity index (χ4n) is 4.08. The zero-order chi connectivity index (χ0) is 29.2. The van der Waals surface area contributed by atoms with Crippen molar-refractivity contribution in [2.75, 3.05) is 12.4 Å². The Kier molecular flexibility index (Phi) is 8.99. The van der Waals surface area contributed by atoms with Gasteiger partial charge < -0.3 is 14.8 Å². The normalized spacial score (nSPS) is 13.4. The molecule has 40 heavy (non-hydrogen) atoms. The Morgan fingerprint density at radius 3 is 1.88 bits per heavy atom. The average Bonchev–Trinajstić information content (AvgIpc) is 3.24. The molecule has 212 valence electrons. The highest BCUT2D eigenvalue weighted by Gasteiger charge is 2.33. The third-order valence-corrected chi connectivity index (χ3v) is 9.19. The van der Waals surface area contributed by atoms with E-state index in [1.165, 1.54) is 10.8 Å². The molecule has 0 saturated carbocycles. The van der Waals surface area contributed by atoms with Crippen molar-refractivity contribution < 1.29 is 41.0 Å². The molecule has 1 N–H and O–H groups in total. The van der Waals surface area contributed by atoms with Gasteiger partial charge in [0.1, 0.15) is 12.6 Å². The lowest BCUT2D eigenvalue weighted by atomic mass is 9.98. The maximum absolute atomic E-state index is 14.1. The number of fused-ring (bicyclic) bond motifs is 3. The molecule has 0 bridgehead atoms. The van der Waals surface area contributed by atoms with E-state index in [4.69, 9.17) is 4.74 Å². The van der Waals surface area contributed by atoms with Crippen LogP contribution in [0.15, 0.2) is 48.5 Å². The van der Waals surface area contributed by atoms with E-state index in [-0.39, 0.29) is 23.0 Å². The summed E-state index contributed by atoms with van der Waals surface area (Å²) in [4.78, 5) is 25.6. The van der Waals surface area contributed by atoms with Gasteiger partial charge in [0.2, 0.25) is 34.8 Å². The molecule has 0 radical (unpaired) electrons. The van der Waals surface area contributed by atoms with E-state index in [9.17, 15) is 31.5 Å². The van der Waals surface area contributed by atoms with E-state index in [1.807, 2.05) is 69.3 Å². The molecule has 0 aliphatic heterocycles. The van der Waals surface area contributed by atoms with Crippen LogP contribution in [0, 0.1) is 29.1 Å². The van der Waals surface area contributed by atoms with Crippen molar-refractivity contribution in [2.24, 2.45) is 0 Å². The topological polar surface area (TPSA) is 64.6 Å². The van der Waals surface area contributed by atoms with Crippen LogP contribution >= 0.6 is 21.6 Å². The highest BCUT2D eigenvalue weighted by atomic mass is 33.1. The maximum atomic E-state index is 14.1. The number of amides is 1. The van der Waals surface area contributed by atoms with Crippen molar-refractivity contribution in [3.8, 4) is 16.9 Å². The van der Waals surface area contributed by atoms with E-state index in [0.717, 1.165) is 33.0 Å². The maximum Gasteiger partial charge on any atom is 0.407 e. The molecule has 1 atom stereocenters. The van der Waals surface area contributed by atoms with Crippen molar-refractivity contribution in [2.45, 2.75) is 37.5 Å². The average molecular weight is 598 g/mol. The van der Waals surface area contributed by atoms with Crippen LogP contribution in [0.3, 0.4) is 0 Å². The SMILES string of the molecule is CC(C)(C)SSC[C@H](NC(=O)OCC1c2ccccc2-c2ccccc21)C(=O)Oc1c(F)c(F)c(F)c(F)c1F. The van der Waals surface area contributed by atoms with E-state index in [1.54, 1.807) is 0 Å². The molecule has 0 heterocycles. The molecule has 1 aliphatic rings. The third-order valence-electron chi connectivity index (χ3n) is 5.84. The number of rotatable bonds is 8. The van der Waals surface area contributed by atoms with Crippen LogP contribution in [0.2, 0.25) is 0 Å². The monoisotopic (exact) mass is 597 g/mol. The van der Waals surface area contributed by atoms with E-state index in [2.05, 4.69) is 10.1 Å². The van der Waals surface area contributed by atoms with Gasteiger partial charge in [-0.25, -0.2) is 22.8 Å². The van der Waals surface area contributed by atoms with Crippen molar-refractivity contribution in [3.63, 3.8) is 0 Å². The molecule has 1 aliphatic carbocycles. The summed E-state index contributed by atoms with van der Waals surface area (Å²) in [7, 11) is 2.48. The summed E-state index contributed by atoms with van der Waals surface area (Å²) in [6.45, 7) is 5.60. The number of halogens is 5. The minimum Gasteiger partial charge on any atom is -0.449 e. The smallest absolute Gasteiger partial charge is 0.407 e. The Hall–Kier alpha value is -3.25. The summed E-state index contributed by atoms with van der Waals surface area (Å²) < 4.78 is 78.6. The van der Waals surface area contributed by atoms with Crippen LogP contribution in [0.1, 0.15) is 37.8 Å². The molecular weight excluding hydrogens is 573 g/mol. The first kappa shape index (κ1) is 29.7. The van der Waals surface area contributed by atoms with Gasteiger partial charge in [0.25, 0.3) is 0 Å². The van der Waals surface area contributed by atoms with Crippen LogP contribution < -0.4 is 10.1 Å². The number of carbonyl (C=O) groups excluding carboxylic acids is 2. The van der Waals surface area contributed by atoms with E-state index >= 15 is 0 Å². The van der Waals surface area contributed by atoms with E-state index in [0.29, 0.717) is 0 Å². The highest BCUT2D eigenvalue weighted by molar-refractivity contribution is 8.77. The Bertz CT molecular complexity index is 1370. The summed E-state index contributed by atoms with van der Waals surface area (Å²) in [5.41, 5.74) is 3.92. The lowest BCUT2D eigenvalue weighted by Crippen LogP contribution is -2.45. The van der Waals surface area contributed by atoms with Crippen molar-refractivity contribution in [1.29, 1.82) is 0 Å². The van der Waals surface area contributed by atoms with Gasteiger partial charge in [0.05, 0.1) is 0 Å². The van der Waals surface area contributed by atoms with Gasteiger partial charge in [-0.15, -0.1) is 0 Å². The second kappa shape index (κ2) is 12.1. The van der Waals surface area contributed by atoms with Crippen LogP contribution in [0.5, 0.6) is 5.75 Å². The minimum absolute atomic E-state index is 0.0802. The van der Waals surface area contributed by atoms with Crippen LogP contribution in [0.4, 0.5) is 26.7 Å². The first-order chi connectivity index (χ1) is 18.9. The number of hydrogen-bond acceptors (Lipinski definition) is 6. The van der Waals surface area contributed by atoms with E-state index < -0.39 is 52.9 Å². The number of benzene rings is 3. The molecular formula is C28H24F5NO4S2. The van der Waals surface area contributed by atoms with Gasteiger partial charge in [-0.1, -0.05) is 90.9 Å². The van der Waals surface area contributed by atoms with Gasteiger partial charge in [-0.2, -0.15) is 8.78 Å². The molecule has 0 unspecified atom stereocenters. The number of alkyl carbamates (subject to hydrolysis) is 1. The first-order valence-corrected chi connectivity index (χ1v) is 14.4. The van der Waals surface area contributed by atoms with Crippen molar-refractivity contribution in [1.82, 2.24) is 5.32 Å². The third kappa shape index (κ3) is 6.38. The Morgan fingerprint density at radius 2 is 1.35 bits per heavy atom. The van der Waals surface area contributed by atoms with Crippen molar-refractivity contribution in [3.05, 3.63) is 88.7 Å². The largest absolute Gasteiger partial charge is 0.449 e. The van der Waals surface area contributed by atoms with Crippen LogP contribution in [-0.4, -0.2) is 35.2 Å². The summed E-state index contributed by atoms with van der Waals surface area (Å²) >= 11 is 0. The predicted molar refractivity (Wildman–Crippen MR) is 144 cm³/mol. The van der Waals surface area contributed by atoms with Gasteiger partial charge in [-0.05, 0) is 22.3 Å². The molecule has 3 aromatic rings. The summed E-state index contributed by atoms with van der Waals surface area (Å²) in [6.07, 6.45) is -1.03. The quantitative estimate of drug-likeness (QED) is 0.0731. The molecule has 0 spiro atoms. The zero-order valence-corrected chi connectivity index (χ0v) is 23.2. The van der Waals surface area contributed by atoms with Crippen LogP contribution in [-0.2, 0) is 9.53 Å². The lowest BCUT2D eigenvalue weighted by Gasteiger charge is -2.21. The lowest BCUT2D eigenvalue weighted by molar-refractivity contribution is -0.136. The fourth-order valence-corrected chi connectivity index (χ4v) is 6.53. The number of hydrogen-bond donors (Lipinski definition) is 1. The second-order valence-electron chi connectivity index (χ2n) is 9.82. The van der Waals surface area contributed by atoms with Gasteiger partial charge in [-0.3, -0.25) is 0 Å². The second-order valence-corrected chi connectivity index (χ2v) is 13.0. The number of ether oxygens (including phenoxy) is 2. The predicted octanol–water partition coefficient (Wildman–Crippen LogP) is 7.37. The standard InChI is InChI=1S/C28H24F5NO4S2/c1-28(2,3)40-39-13-19(26(35)38-25-23(32)21(30)20(29)22(31)24(25)33)34-27(36)37-12-18-16-10-6-4-8-14(16)15-9-5-7-11-17(15)18/h4-11,18-19H,12-13H2,1-3H3,(H,34,36)/t19-/m0/s1. The van der Waals surface area contributed by atoms with Gasteiger partial charge >= 0.3 is 12.1 Å². The van der Waals surface area contributed by atoms with Crippen LogP contribution in [0.25, 0.3) is 11.1 Å². The Labute approximate surface area is 235 Å². The summed E-state index contributed by atoms with van der Waals surface area (Å²) in [5, 5.41) is 2.30. The highest BCUT2D eigenvalue weighted by Crippen LogP contribution is 2.44. The number of esters is 1. The molecule has 5 nitrogen and oxygen atoms in total. The van der Waals surface area contributed by atoms with Gasteiger partial charge in [0, 0.05) is 16.4 Å². The molecule has 0 aromatic heterocycles.